The summed E-state index contributed by atoms with van der Waals surface area (Å²) in [6.45, 7) is 4.12. The number of ether oxygens (including phenoxy) is 2. The third-order valence-electron chi connectivity index (χ3n) is 3.18. The lowest BCUT2D eigenvalue weighted by Crippen LogP contribution is -2.13. The summed E-state index contributed by atoms with van der Waals surface area (Å²) in [7, 11) is 0. The first-order chi connectivity index (χ1) is 9.13. The van der Waals surface area contributed by atoms with Crippen molar-refractivity contribution in [3.63, 3.8) is 0 Å². The van der Waals surface area contributed by atoms with E-state index in [-0.39, 0.29) is 11.7 Å². The van der Waals surface area contributed by atoms with Gasteiger partial charge in [-0.15, -0.1) is 0 Å². The van der Waals surface area contributed by atoms with Gasteiger partial charge in [-0.05, 0) is 31.9 Å². The summed E-state index contributed by atoms with van der Waals surface area (Å²) in [6, 6.07) is 4.99. The van der Waals surface area contributed by atoms with Crippen LogP contribution >= 0.6 is 0 Å². The number of esters is 2. The van der Waals surface area contributed by atoms with Crippen LogP contribution in [0.25, 0.3) is 0 Å². The standard InChI is InChI=1S/C15H18O4/c1-3-4-5-7-10(2)18-12-9-6-8-11-13(12)15(17)19-14(11)16/h6,8-10H,3-5,7H2,1-2H3. The minimum atomic E-state index is -0.614. The minimum Gasteiger partial charge on any atom is -0.490 e. The number of rotatable bonds is 6. The molecule has 4 heteroatoms. The van der Waals surface area contributed by atoms with Crippen LogP contribution in [0.2, 0.25) is 0 Å². The molecular weight excluding hydrogens is 244 g/mol. The van der Waals surface area contributed by atoms with Crippen molar-refractivity contribution in [2.75, 3.05) is 0 Å². The highest BCUT2D eigenvalue weighted by molar-refractivity contribution is 6.16. The fraction of sp³-hybridized carbons (Fsp3) is 0.467. The maximum atomic E-state index is 11.6. The number of carbonyl (C=O) groups is 2. The Kier molecular flexibility index (Phi) is 4.20. The van der Waals surface area contributed by atoms with E-state index in [9.17, 15) is 9.59 Å². The summed E-state index contributed by atoms with van der Waals surface area (Å²) in [5, 5.41) is 0. The lowest BCUT2D eigenvalue weighted by atomic mass is 10.1. The Bertz CT molecular complexity index is 493. The third kappa shape index (κ3) is 2.95. The van der Waals surface area contributed by atoms with Crippen LogP contribution in [-0.4, -0.2) is 18.0 Å². The van der Waals surface area contributed by atoms with E-state index in [0.717, 1.165) is 19.3 Å². The van der Waals surface area contributed by atoms with Crippen LogP contribution in [-0.2, 0) is 4.74 Å². The quantitative estimate of drug-likeness (QED) is 0.448. The van der Waals surface area contributed by atoms with Crippen molar-refractivity contribution in [3.8, 4) is 5.75 Å². The monoisotopic (exact) mass is 262 g/mol. The van der Waals surface area contributed by atoms with E-state index in [4.69, 9.17) is 4.74 Å². The van der Waals surface area contributed by atoms with Crippen molar-refractivity contribution in [2.45, 2.75) is 45.6 Å². The molecule has 1 aromatic rings. The summed E-state index contributed by atoms with van der Waals surface area (Å²) < 4.78 is 10.4. The molecule has 102 valence electrons. The molecule has 1 unspecified atom stereocenters. The Morgan fingerprint density at radius 3 is 2.74 bits per heavy atom. The molecule has 1 aliphatic heterocycles. The Morgan fingerprint density at radius 2 is 2.00 bits per heavy atom. The number of hydrogen-bond donors (Lipinski definition) is 0. The van der Waals surface area contributed by atoms with Gasteiger partial charge in [-0.1, -0.05) is 25.8 Å². The van der Waals surface area contributed by atoms with Crippen LogP contribution in [0.5, 0.6) is 5.75 Å². The predicted octanol–water partition coefficient (Wildman–Crippen LogP) is 3.34. The number of cyclic esters (lactones) is 2. The van der Waals surface area contributed by atoms with Crippen LogP contribution in [0.15, 0.2) is 18.2 Å². The maximum Gasteiger partial charge on any atom is 0.350 e. The normalized spacial score (nSPS) is 15.1. The number of unbranched alkanes of at least 4 members (excludes halogenated alkanes) is 2. The van der Waals surface area contributed by atoms with Crippen molar-refractivity contribution in [1.82, 2.24) is 0 Å². The van der Waals surface area contributed by atoms with Crippen molar-refractivity contribution in [2.24, 2.45) is 0 Å². The lowest BCUT2D eigenvalue weighted by molar-refractivity contribution is 0.0442. The van der Waals surface area contributed by atoms with Gasteiger partial charge in [-0.3, -0.25) is 0 Å². The Labute approximate surface area is 112 Å². The van der Waals surface area contributed by atoms with Crippen molar-refractivity contribution in [1.29, 1.82) is 0 Å². The zero-order valence-electron chi connectivity index (χ0n) is 11.3. The van der Waals surface area contributed by atoms with E-state index in [1.54, 1.807) is 18.2 Å². The topological polar surface area (TPSA) is 52.6 Å². The molecule has 1 atom stereocenters. The van der Waals surface area contributed by atoms with Crippen molar-refractivity contribution in [3.05, 3.63) is 29.3 Å². The Hall–Kier alpha value is -1.84. The minimum absolute atomic E-state index is 0.0153. The van der Waals surface area contributed by atoms with Gasteiger partial charge in [0.1, 0.15) is 11.3 Å². The predicted molar refractivity (Wildman–Crippen MR) is 70.4 cm³/mol. The van der Waals surface area contributed by atoms with E-state index in [1.165, 1.54) is 6.42 Å². The molecule has 1 heterocycles. The molecule has 0 amide bonds. The van der Waals surface area contributed by atoms with Gasteiger partial charge >= 0.3 is 11.9 Å². The third-order valence-corrected chi connectivity index (χ3v) is 3.18. The molecule has 0 fully saturated rings. The molecule has 0 radical (unpaired) electrons. The van der Waals surface area contributed by atoms with Crippen LogP contribution < -0.4 is 4.74 Å². The van der Waals surface area contributed by atoms with Gasteiger partial charge in [0.15, 0.2) is 0 Å². The summed E-state index contributed by atoms with van der Waals surface area (Å²) in [5.74, 6) is -0.766. The fourth-order valence-corrected chi connectivity index (χ4v) is 2.16. The molecule has 2 rings (SSSR count). The van der Waals surface area contributed by atoms with Crippen LogP contribution in [0.4, 0.5) is 0 Å². The van der Waals surface area contributed by atoms with Gasteiger partial charge in [-0.25, -0.2) is 9.59 Å². The molecule has 0 saturated heterocycles. The lowest BCUT2D eigenvalue weighted by Gasteiger charge is -2.15. The SMILES string of the molecule is CCCCCC(C)Oc1cccc2c1C(=O)OC2=O. The Morgan fingerprint density at radius 1 is 1.21 bits per heavy atom. The highest BCUT2D eigenvalue weighted by atomic mass is 16.6. The first-order valence-corrected chi connectivity index (χ1v) is 6.69. The summed E-state index contributed by atoms with van der Waals surface area (Å²) in [5.41, 5.74) is 0.554. The number of hydrogen-bond acceptors (Lipinski definition) is 4. The highest BCUT2D eigenvalue weighted by Crippen LogP contribution is 2.30. The summed E-state index contributed by atoms with van der Waals surface area (Å²) in [6.07, 6.45) is 4.37. The van der Waals surface area contributed by atoms with E-state index in [2.05, 4.69) is 11.7 Å². The molecule has 1 aromatic carbocycles. The molecule has 1 aliphatic rings. The maximum absolute atomic E-state index is 11.6. The molecule has 0 N–H and O–H groups in total. The fourth-order valence-electron chi connectivity index (χ4n) is 2.16. The largest absolute Gasteiger partial charge is 0.490 e. The zero-order chi connectivity index (χ0) is 13.8. The van der Waals surface area contributed by atoms with Crippen molar-refractivity contribution < 1.29 is 19.1 Å². The van der Waals surface area contributed by atoms with Crippen LogP contribution in [0.1, 0.15) is 60.2 Å². The molecule has 4 nitrogen and oxygen atoms in total. The molecule has 0 saturated carbocycles. The Balaban J connectivity index is 2.10. The number of carbonyl (C=O) groups excluding carboxylic acids is 2. The van der Waals surface area contributed by atoms with Crippen LogP contribution in [0.3, 0.4) is 0 Å². The molecule has 0 aromatic heterocycles. The summed E-state index contributed by atoms with van der Waals surface area (Å²) >= 11 is 0. The van der Waals surface area contributed by atoms with E-state index >= 15 is 0 Å². The second-order valence-electron chi connectivity index (χ2n) is 4.78. The average Bonchev–Trinajstić information content (AvgIpc) is 2.66. The summed E-state index contributed by atoms with van der Waals surface area (Å²) in [4.78, 5) is 23.0. The highest BCUT2D eigenvalue weighted by Gasteiger charge is 2.33. The zero-order valence-corrected chi connectivity index (χ0v) is 11.3. The number of fused-ring (bicyclic) bond motifs is 1. The van der Waals surface area contributed by atoms with Crippen LogP contribution in [0, 0.1) is 0 Å². The van der Waals surface area contributed by atoms with Gasteiger partial charge in [-0.2, -0.15) is 0 Å². The first kappa shape index (κ1) is 13.6. The van der Waals surface area contributed by atoms with Gasteiger partial charge in [0.25, 0.3) is 0 Å². The molecule has 19 heavy (non-hydrogen) atoms. The van der Waals surface area contributed by atoms with Gasteiger partial charge < -0.3 is 9.47 Å². The second kappa shape index (κ2) is 5.87. The van der Waals surface area contributed by atoms with Gasteiger partial charge in [0.05, 0.1) is 11.7 Å². The second-order valence-corrected chi connectivity index (χ2v) is 4.78. The van der Waals surface area contributed by atoms with E-state index in [0.29, 0.717) is 11.3 Å². The molecule has 0 spiro atoms. The first-order valence-electron chi connectivity index (χ1n) is 6.69. The van der Waals surface area contributed by atoms with Gasteiger partial charge in [0.2, 0.25) is 0 Å². The van der Waals surface area contributed by atoms with E-state index in [1.807, 2.05) is 6.92 Å². The van der Waals surface area contributed by atoms with Gasteiger partial charge in [0, 0.05) is 0 Å². The molecular formula is C15H18O4. The average molecular weight is 262 g/mol. The molecule has 0 aliphatic carbocycles. The number of benzene rings is 1. The smallest absolute Gasteiger partial charge is 0.350 e. The van der Waals surface area contributed by atoms with Crippen molar-refractivity contribution >= 4 is 11.9 Å². The molecule has 0 bridgehead atoms. The van der Waals surface area contributed by atoms with E-state index < -0.39 is 11.9 Å².